The number of nitrogens with zero attached hydrogens (tertiary/aromatic N) is 3. The monoisotopic (exact) mass is 295 g/mol. The number of rotatable bonds is 3. The Morgan fingerprint density at radius 1 is 1.05 bits per heavy atom. The lowest BCUT2D eigenvalue weighted by Crippen LogP contribution is -2.46. The van der Waals surface area contributed by atoms with E-state index in [1.54, 1.807) is 0 Å². The van der Waals surface area contributed by atoms with E-state index in [2.05, 4.69) is 14.9 Å². The lowest BCUT2D eigenvalue weighted by atomic mass is 9.99. The number of piperidine rings is 1. The number of ether oxygens (including phenoxy) is 1. The van der Waals surface area contributed by atoms with Gasteiger partial charge in [-0.25, -0.2) is 9.97 Å². The number of aryl methyl sites for hydroxylation is 1. The van der Waals surface area contributed by atoms with Gasteiger partial charge in [0.1, 0.15) is 23.5 Å². The van der Waals surface area contributed by atoms with E-state index in [9.17, 15) is 0 Å². The highest BCUT2D eigenvalue weighted by Gasteiger charge is 2.42. The number of fused-ring (bicyclic) bond motifs is 2. The Bertz CT molecular complexity index is 632. The molecule has 2 atom stereocenters. The number of para-hydroxylation sites is 1. The van der Waals surface area contributed by atoms with E-state index in [0.29, 0.717) is 18.2 Å². The maximum atomic E-state index is 6.18. The van der Waals surface area contributed by atoms with Crippen LogP contribution in [-0.2, 0) is 0 Å². The molecule has 1 aromatic heterocycles. The van der Waals surface area contributed by atoms with E-state index < -0.39 is 0 Å². The summed E-state index contributed by atoms with van der Waals surface area (Å²) in [6.07, 6.45) is 6.82. The van der Waals surface area contributed by atoms with Crippen LogP contribution >= 0.6 is 0 Å². The van der Waals surface area contributed by atoms with Crippen LogP contribution in [0.2, 0.25) is 0 Å². The molecule has 0 radical (unpaired) electrons. The molecule has 2 aliphatic heterocycles. The molecule has 114 valence electrons. The molecular weight excluding hydrogens is 274 g/mol. The maximum absolute atomic E-state index is 6.18. The first kappa shape index (κ1) is 13.6. The van der Waals surface area contributed by atoms with Gasteiger partial charge < -0.3 is 9.64 Å². The molecule has 0 saturated carbocycles. The largest absolute Gasteiger partial charge is 0.490 e. The number of aromatic nitrogens is 2. The topological polar surface area (TPSA) is 38.2 Å². The number of anilines is 1. The first-order valence-corrected chi connectivity index (χ1v) is 8.09. The summed E-state index contributed by atoms with van der Waals surface area (Å²) in [7, 11) is 0. The lowest BCUT2D eigenvalue weighted by molar-refractivity contribution is 0.150. The Morgan fingerprint density at radius 3 is 2.45 bits per heavy atom. The van der Waals surface area contributed by atoms with Crippen molar-refractivity contribution in [3.05, 3.63) is 48.4 Å². The van der Waals surface area contributed by atoms with Crippen molar-refractivity contribution in [1.29, 1.82) is 0 Å². The zero-order valence-corrected chi connectivity index (χ0v) is 12.9. The van der Waals surface area contributed by atoms with Crippen LogP contribution in [-0.4, -0.2) is 28.2 Å². The summed E-state index contributed by atoms with van der Waals surface area (Å²) in [4.78, 5) is 11.3. The number of benzene rings is 1. The molecule has 0 N–H and O–H groups in total. The second-order valence-corrected chi connectivity index (χ2v) is 6.28. The molecule has 2 unspecified atom stereocenters. The van der Waals surface area contributed by atoms with Crippen molar-refractivity contribution in [3.63, 3.8) is 0 Å². The summed E-state index contributed by atoms with van der Waals surface area (Å²) in [5, 5.41) is 0. The Kier molecular flexibility index (Phi) is 3.45. The molecule has 2 saturated heterocycles. The summed E-state index contributed by atoms with van der Waals surface area (Å²) in [5.41, 5.74) is 0. The number of hydrogen-bond acceptors (Lipinski definition) is 4. The second-order valence-electron chi connectivity index (χ2n) is 6.28. The molecule has 4 heteroatoms. The minimum Gasteiger partial charge on any atom is -0.490 e. The molecule has 0 aliphatic carbocycles. The molecule has 4 nitrogen and oxygen atoms in total. The fraction of sp³-hybridized carbons (Fsp3) is 0.444. The first-order chi connectivity index (χ1) is 10.8. The van der Waals surface area contributed by atoms with Gasteiger partial charge in [0, 0.05) is 31.1 Å². The van der Waals surface area contributed by atoms with Gasteiger partial charge in [-0.05, 0) is 38.0 Å². The normalized spacial score (nSPS) is 27.0. The van der Waals surface area contributed by atoms with E-state index in [-0.39, 0.29) is 0 Å². The van der Waals surface area contributed by atoms with Crippen LogP contribution in [0.15, 0.2) is 42.6 Å². The van der Waals surface area contributed by atoms with Crippen molar-refractivity contribution in [2.45, 2.75) is 50.8 Å². The third-order valence-corrected chi connectivity index (χ3v) is 4.76. The van der Waals surface area contributed by atoms with Gasteiger partial charge in [-0.2, -0.15) is 0 Å². The summed E-state index contributed by atoms with van der Waals surface area (Å²) in [5.74, 6) is 2.91. The zero-order chi connectivity index (χ0) is 14.9. The molecule has 1 aromatic carbocycles. The van der Waals surface area contributed by atoms with E-state index in [1.807, 2.05) is 49.5 Å². The average Bonchev–Trinajstić information content (AvgIpc) is 2.80. The van der Waals surface area contributed by atoms with Crippen molar-refractivity contribution in [3.8, 4) is 5.75 Å². The van der Waals surface area contributed by atoms with E-state index in [0.717, 1.165) is 30.2 Å². The van der Waals surface area contributed by atoms with Crippen molar-refractivity contribution < 1.29 is 4.74 Å². The van der Waals surface area contributed by atoms with Crippen LogP contribution in [0, 0.1) is 6.92 Å². The quantitative estimate of drug-likeness (QED) is 0.870. The van der Waals surface area contributed by atoms with Crippen molar-refractivity contribution in [2.24, 2.45) is 0 Å². The van der Waals surface area contributed by atoms with Gasteiger partial charge >= 0.3 is 0 Å². The average molecular weight is 295 g/mol. The molecule has 2 aliphatic rings. The molecule has 3 heterocycles. The van der Waals surface area contributed by atoms with Gasteiger partial charge in [0.2, 0.25) is 0 Å². The van der Waals surface area contributed by atoms with Crippen LogP contribution in [0.5, 0.6) is 5.75 Å². The SMILES string of the molecule is Cc1nccc(N2C3CCC2CC(Oc2ccccc2)C3)n1. The second kappa shape index (κ2) is 5.59. The van der Waals surface area contributed by atoms with Crippen LogP contribution in [0.4, 0.5) is 5.82 Å². The molecule has 0 amide bonds. The van der Waals surface area contributed by atoms with E-state index in [1.165, 1.54) is 12.8 Å². The standard InChI is InChI=1S/C18H21N3O/c1-13-19-10-9-18(20-13)21-14-7-8-15(21)12-17(11-14)22-16-5-3-2-4-6-16/h2-6,9-10,14-15,17H,7-8,11-12H2,1H3. The zero-order valence-electron chi connectivity index (χ0n) is 12.9. The van der Waals surface area contributed by atoms with Gasteiger partial charge in [0.05, 0.1) is 0 Å². The minimum atomic E-state index is 0.319. The Hall–Kier alpha value is -2.10. The smallest absolute Gasteiger partial charge is 0.132 e. The molecule has 2 fully saturated rings. The summed E-state index contributed by atoms with van der Waals surface area (Å²) in [6.45, 7) is 1.96. The fourth-order valence-corrected chi connectivity index (χ4v) is 3.88. The molecule has 2 bridgehead atoms. The van der Waals surface area contributed by atoms with Crippen LogP contribution < -0.4 is 9.64 Å². The van der Waals surface area contributed by atoms with Crippen LogP contribution in [0.25, 0.3) is 0 Å². The summed E-state index contributed by atoms with van der Waals surface area (Å²) < 4.78 is 6.18. The number of hydrogen-bond donors (Lipinski definition) is 0. The minimum absolute atomic E-state index is 0.319. The van der Waals surface area contributed by atoms with E-state index >= 15 is 0 Å². The fourth-order valence-electron chi connectivity index (χ4n) is 3.88. The van der Waals surface area contributed by atoms with E-state index in [4.69, 9.17) is 4.74 Å². The Balaban J connectivity index is 1.50. The lowest BCUT2D eigenvalue weighted by Gasteiger charge is -2.39. The molecular formula is C18H21N3O. The van der Waals surface area contributed by atoms with Crippen molar-refractivity contribution in [1.82, 2.24) is 9.97 Å². The summed E-state index contributed by atoms with van der Waals surface area (Å²) in [6, 6.07) is 13.3. The molecule has 4 rings (SSSR count). The third-order valence-electron chi connectivity index (χ3n) is 4.76. The Labute approximate surface area is 131 Å². The van der Waals surface area contributed by atoms with Gasteiger partial charge in [0.25, 0.3) is 0 Å². The summed E-state index contributed by atoms with van der Waals surface area (Å²) >= 11 is 0. The van der Waals surface area contributed by atoms with Gasteiger partial charge in [0.15, 0.2) is 0 Å². The van der Waals surface area contributed by atoms with Gasteiger partial charge in [-0.1, -0.05) is 18.2 Å². The molecule has 22 heavy (non-hydrogen) atoms. The third kappa shape index (κ3) is 2.54. The highest BCUT2D eigenvalue weighted by atomic mass is 16.5. The van der Waals surface area contributed by atoms with Crippen LogP contribution in [0.1, 0.15) is 31.5 Å². The highest BCUT2D eigenvalue weighted by molar-refractivity contribution is 5.43. The molecule has 0 spiro atoms. The van der Waals surface area contributed by atoms with Gasteiger partial charge in [-0.15, -0.1) is 0 Å². The molecule has 2 aromatic rings. The predicted octanol–water partition coefficient (Wildman–Crippen LogP) is 3.36. The van der Waals surface area contributed by atoms with Crippen LogP contribution in [0.3, 0.4) is 0 Å². The van der Waals surface area contributed by atoms with Crippen molar-refractivity contribution in [2.75, 3.05) is 4.90 Å². The predicted molar refractivity (Wildman–Crippen MR) is 86.2 cm³/mol. The highest BCUT2D eigenvalue weighted by Crippen LogP contribution is 2.39. The van der Waals surface area contributed by atoms with Crippen molar-refractivity contribution >= 4 is 5.82 Å². The Morgan fingerprint density at radius 2 is 1.77 bits per heavy atom. The maximum Gasteiger partial charge on any atom is 0.132 e. The van der Waals surface area contributed by atoms with Gasteiger partial charge in [-0.3, -0.25) is 0 Å². The first-order valence-electron chi connectivity index (χ1n) is 8.09.